The maximum atomic E-state index is 13.0. The third kappa shape index (κ3) is 5.22. The highest BCUT2D eigenvalue weighted by atomic mass is 19.4. The normalized spacial score (nSPS) is 12.4. The molecule has 2 rings (SSSR count). The molecule has 0 unspecified atom stereocenters. The zero-order valence-corrected chi connectivity index (χ0v) is 15.4. The van der Waals surface area contributed by atoms with Crippen LogP contribution in [0.1, 0.15) is 15.9 Å². The molecule has 0 heterocycles. The number of aliphatic hydroxyl groups excluding tert-OH is 1. The molecule has 0 bridgehead atoms. The van der Waals surface area contributed by atoms with Crippen molar-refractivity contribution in [1.82, 2.24) is 0 Å². The van der Waals surface area contributed by atoms with E-state index >= 15 is 0 Å². The highest BCUT2D eigenvalue weighted by Gasteiger charge is 2.41. The van der Waals surface area contributed by atoms with Crippen molar-refractivity contribution in [2.75, 3.05) is 14.2 Å². The Kier molecular flexibility index (Phi) is 6.76. The lowest BCUT2D eigenvalue weighted by atomic mass is 10.0. The molecule has 0 aliphatic heterocycles. The van der Waals surface area contributed by atoms with Crippen molar-refractivity contribution in [2.24, 2.45) is 4.99 Å². The van der Waals surface area contributed by atoms with E-state index in [0.717, 1.165) is 7.11 Å². The van der Waals surface area contributed by atoms with E-state index in [-0.39, 0.29) is 16.8 Å². The lowest BCUT2D eigenvalue weighted by Crippen LogP contribution is -2.26. The Labute approximate surface area is 163 Å². The number of allylic oxidation sites excluding steroid dienone is 1. The van der Waals surface area contributed by atoms with Crippen molar-refractivity contribution in [3.8, 4) is 5.75 Å². The summed E-state index contributed by atoms with van der Waals surface area (Å²) in [5, 5.41) is 10.3. The van der Waals surface area contributed by atoms with Crippen LogP contribution >= 0.6 is 0 Å². The molecule has 0 saturated carbocycles. The van der Waals surface area contributed by atoms with Gasteiger partial charge in [-0.2, -0.15) is 13.2 Å². The Morgan fingerprint density at radius 2 is 1.66 bits per heavy atom. The number of benzene rings is 2. The Morgan fingerprint density at radius 3 is 2.21 bits per heavy atom. The number of aliphatic imine (C=N–C) groups is 1. The summed E-state index contributed by atoms with van der Waals surface area (Å²) >= 11 is 0. The minimum atomic E-state index is -5.25. The molecule has 2 aromatic rings. The zero-order valence-electron chi connectivity index (χ0n) is 15.4. The molecule has 0 radical (unpaired) electrons. The molecule has 2 aromatic carbocycles. The van der Waals surface area contributed by atoms with Crippen molar-refractivity contribution in [3.05, 3.63) is 65.2 Å². The van der Waals surface area contributed by atoms with Crippen LogP contribution in [0.25, 0.3) is 5.76 Å². The number of aliphatic hydroxyl groups is 1. The van der Waals surface area contributed by atoms with Gasteiger partial charge in [-0.3, -0.25) is 9.79 Å². The van der Waals surface area contributed by atoms with E-state index < -0.39 is 29.3 Å². The standard InChI is InChI=1S/C20H16F3NO5/c1-28-13-9-7-12(8-10-13)17(25)15(18(26)20(21,22)23)11-24-16-6-4-3-5-14(16)19(27)29-2/h3-11,25H,1-2H3/b17-15+,24-11?. The quantitative estimate of drug-likeness (QED) is 0.334. The van der Waals surface area contributed by atoms with Gasteiger partial charge in [0.2, 0.25) is 0 Å². The van der Waals surface area contributed by atoms with Crippen LogP contribution in [0.15, 0.2) is 59.1 Å². The Hall–Kier alpha value is -3.62. The second-order valence-electron chi connectivity index (χ2n) is 5.58. The first-order valence-corrected chi connectivity index (χ1v) is 8.09. The topological polar surface area (TPSA) is 85.2 Å². The first-order chi connectivity index (χ1) is 13.7. The molecule has 6 nitrogen and oxygen atoms in total. The fourth-order valence-corrected chi connectivity index (χ4v) is 2.29. The van der Waals surface area contributed by atoms with Gasteiger partial charge in [-0.05, 0) is 36.4 Å². The molecule has 0 aromatic heterocycles. The average molecular weight is 407 g/mol. The van der Waals surface area contributed by atoms with Crippen molar-refractivity contribution >= 4 is 29.4 Å². The molecule has 0 aliphatic rings. The van der Waals surface area contributed by atoms with Crippen LogP contribution < -0.4 is 4.74 Å². The number of alkyl halides is 3. The number of Topliss-reactive ketones (excluding diaryl/α,β-unsaturated/α-hetero) is 1. The van der Waals surface area contributed by atoms with Crippen molar-refractivity contribution in [1.29, 1.82) is 0 Å². The number of hydrogen-bond acceptors (Lipinski definition) is 6. The number of nitrogens with zero attached hydrogens (tertiary/aromatic N) is 1. The molecule has 0 spiro atoms. The van der Waals surface area contributed by atoms with E-state index in [1.165, 1.54) is 55.6 Å². The third-order valence-corrected chi connectivity index (χ3v) is 3.76. The van der Waals surface area contributed by atoms with Crippen LogP contribution in [-0.4, -0.2) is 43.5 Å². The van der Waals surface area contributed by atoms with Gasteiger partial charge >= 0.3 is 12.1 Å². The molecule has 0 aliphatic carbocycles. The molecule has 9 heteroatoms. The number of rotatable bonds is 6. The van der Waals surface area contributed by atoms with E-state index in [2.05, 4.69) is 9.73 Å². The van der Waals surface area contributed by atoms with E-state index in [4.69, 9.17) is 4.74 Å². The van der Waals surface area contributed by atoms with Gasteiger partial charge in [0.05, 0.1) is 31.0 Å². The van der Waals surface area contributed by atoms with Crippen LogP contribution in [-0.2, 0) is 9.53 Å². The second-order valence-corrected chi connectivity index (χ2v) is 5.58. The number of ketones is 1. The van der Waals surface area contributed by atoms with Gasteiger partial charge in [-0.1, -0.05) is 12.1 Å². The summed E-state index contributed by atoms with van der Waals surface area (Å²) in [5.41, 5.74) is -1.18. The molecule has 152 valence electrons. The van der Waals surface area contributed by atoms with E-state index in [1.54, 1.807) is 0 Å². The number of halogens is 3. The summed E-state index contributed by atoms with van der Waals surface area (Å²) in [7, 11) is 2.53. The average Bonchev–Trinajstić information content (AvgIpc) is 2.72. The van der Waals surface area contributed by atoms with Crippen molar-refractivity contribution in [2.45, 2.75) is 6.18 Å². The van der Waals surface area contributed by atoms with Crippen LogP contribution in [0, 0.1) is 0 Å². The summed E-state index contributed by atoms with van der Waals surface area (Å²) < 4.78 is 48.6. The van der Waals surface area contributed by atoms with Crippen molar-refractivity contribution < 1.29 is 37.3 Å². The molecule has 0 fully saturated rings. The first-order valence-electron chi connectivity index (χ1n) is 8.09. The van der Waals surface area contributed by atoms with E-state index in [9.17, 15) is 27.9 Å². The lowest BCUT2D eigenvalue weighted by molar-refractivity contribution is -0.165. The van der Waals surface area contributed by atoms with Crippen LogP contribution in [0.5, 0.6) is 5.75 Å². The fraction of sp³-hybridized carbons (Fsp3) is 0.150. The number of para-hydroxylation sites is 1. The Morgan fingerprint density at radius 1 is 1.03 bits per heavy atom. The lowest BCUT2D eigenvalue weighted by Gasteiger charge is -2.10. The third-order valence-electron chi connectivity index (χ3n) is 3.76. The number of carbonyl (C=O) groups excluding carboxylic acids is 2. The van der Waals surface area contributed by atoms with Crippen molar-refractivity contribution in [3.63, 3.8) is 0 Å². The predicted octanol–water partition coefficient (Wildman–Crippen LogP) is 4.28. The second kappa shape index (κ2) is 9.05. The van der Waals surface area contributed by atoms with Gasteiger partial charge in [0, 0.05) is 11.8 Å². The van der Waals surface area contributed by atoms with Gasteiger partial charge < -0.3 is 14.6 Å². The van der Waals surface area contributed by atoms with E-state index in [1.807, 2.05) is 0 Å². The van der Waals surface area contributed by atoms with Crippen LogP contribution in [0.4, 0.5) is 18.9 Å². The summed E-state index contributed by atoms with van der Waals surface area (Å²) in [5.74, 6) is -3.56. The maximum Gasteiger partial charge on any atom is 0.455 e. The first kappa shape index (κ1) is 21.7. The Bertz CT molecular complexity index is 963. The van der Waals surface area contributed by atoms with Gasteiger partial charge in [-0.25, -0.2) is 4.79 Å². The SMILES string of the molecule is COC(=O)c1ccccc1N=C/C(C(=O)C(F)(F)F)=C(\O)c1ccc(OC)cc1. The molecule has 0 amide bonds. The fourth-order valence-electron chi connectivity index (χ4n) is 2.29. The van der Waals surface area contributed by atoms with Gasteiger partial charge in [0.1, 0.15) is 11.5 Å². The number of ether oxygens (including phenoxy) is 2. The molecule has 1 N–H and O–H groups in total. The maximum absolute atomic E-state index is 13.0. The summed E-state index contributed by atoms with van der Waals surface area (Å²) in [6.45, 7) is 0. The number of methoxy groups -OCH3 is 2. The van der Waals surface area contributed by atoms with Gasteiger partial charge in [0.15, 0.2) is 0 Å². The molecule has 29 heavy (non-hydrogen) atoms. The Balaban J connectivity index is 2.56. The molecule has 0 atom stereocenters. The molecular formula is C20H16F3NO5. The summed E-state index contributed by atoms with van der Waals surface area (Å²) in [4.78, 5) is 27.4. The summed E-state index contributed by atoms with van der Waals surface area (Å²) in [6, 6.07) is 11.1. The molecular weight excluding hydrogens is 391 g/mol. The minimum absolute atomic E-state index is 0.0194. The predicted molar refractivity (Wildman–Crippen MR) is 99.5 cm³/mol. The molecule has 0 saturated heterocycles. The number of carbonyl (C=O) groups is 2. The zero-order chi connectivity index (χ0) is 21.6. The number of esters is 1. The van der Waals surface area contributed by atoms with Crippen LogP contribution in [0.2, 0.25) is 0 Å². The minimum Gasteiger partial charge on any atom is -0.506 e. The smallest absolute Gasteiger partial charge is 0.455 e. The van der Waals surface area contributed by atoms with Gasteiger partial charge in [0.25, 0.3) is 5.78 Å². The van der Waals surface area contributed by atoms with Gasteiger partial charge in [-0.15, -0.1) is 0 Å². The van der Waals surface area contributed by atoms with Crippen LogP contribution in [0.3, 0.4) is 0 Å². The van der Waals surface area contributed by atoms with E-state index in [0.29, 0.717) is 12.0 Å². The summed E-state index contributed by atoms with van der Waals surface area (Å²) in [6.07, 6.45) is -4.68. The largest absolute Gasteiger partial charge is 0.506 e. The monoisotopic (exact) mass is 407 g/mol. The highest BCUT2D eigenvalue weighted by molar-refractivity contribution is 6.20. The highest BCUT2D eigenvalue weighted by Crippen LogP contribution is 2.27. The number of hydrogen-bond donors (Lipinski definition) is 1.